The van der Waals surface area contributed by atoms with Gasteiger partial charge in [0.25, 0.3) is 0 Å². The molecule has 0 spiro atoms. The molecular formula is C10H18N2O. The third-order valence-electron chi connectivity index (χ3n) is 2.24. The van der Waals surface area contributed by atoms with Crippen LogP contribution in [0.3, 0.4) is 0 Å². The Morgan fingerprint density at radius 3 is 2.85 bits per heavy atom. The number of aromatic nitrogens is 2. The fourth-order valence-corrected chi connectivity index (χ4v) is 1.42. The molecule has 1 aromatic rings. The Bertz CT molecular complexity index is 245. The summed E-state index contributed by atoms with van der Waals surface area (Å²) < 4.78 is 1.87. The Labute approximate surface area is 79.4 Å². The number of aryl methyl sites for hydroxylation is 1. The fourth-order valence-electron chi connectivity index (χ4n) is 1.42. The summed E-state index contributed by atoms with van der Waals surface area (Å²) >= 11 is 0. The average Bonchev–Trinajstić information content (AvgIpc) is 2.52. The third-order valence-corrected chi connectivity index (χ3v) is 2.24. The lowest BCUT2D eigenvalue weighted by molar-refractivity contribution is 0.150. The number of unbranched alkanes of at least 4 members (excludes halogenated alkanes) is 2. The predicted molar refractivity (Wildman–Crippen MR) is 52.3 cm³/mol. The van der Waals surface area contributed by atoms with E-state index in [1.54, 1.807) is 6.20 Å². The zero-order chi connectivity index (χ0) is 9.68. The maximum Gasteiger partial charge on any atom is 0.137 e. The molecule has 1 heterocycles. The van der Waals surface area contributed by atoms with Gasteiger partial charge in [-0.3, -0.25) is 0 Å². The molecule has 74 valence electrons. The van der Waals surface area contributed by atoms with Crippen molar-refractivity contribution in [3.05, 3.63) is 18.2 Å². The van der Waals surface area contributed by atoms with Crippen molar-refractivity contribution in [1.29, 1.82) is 0 Å². The van der Waals surface area contributed by atoms with Crippen molar-refractivity contribution in [3.8, 4) is 0 Å². The Hall–Kier alpha value is -0.830. The summed E-state index contributed by atoms with van der Waals surface area (Å²) in [5, 5.41) is 9.73. The first-order valence-corrected chi connectivity index (χ1v) is 4.91. The van der Waals surface area contributed by atoms with Crippen LogP contribution in [0.4, 0.5) is 0 Å². The molecule has 0 saturated heterocycles. The topological polar surface area (TPSA) is 38.1 Å². The van der Waals surface area contributed by atoms with E-state index in [4.69, 9.17) is 0 Å². The molecule has 0 aliphatic rings. The SMILES string of the molecule is CCCCCC(O)c1nccn1C. The van der Waals surface area contributed by atoms with E-state index in [-0.39, 0.29) is 0 Å². The fraction of sp³-hybridized carbons (Fsp3) is 0.700. The molecule has 1 rings (SSSR count). The minimum absolute atomic E-state index is 0.397. The number of hydrogen-bond donors (Lipinski definition) is 1. The lowest BCUT2D eigenvalue weighted by Crippen LogP contribution is -2.05. The molecule has 1 aromatic heterocycles. The van der Waals surface area contributed by atoms with E-state index in [9.17, 15) is 5.11 Å². The molecule has 0 fully saturated rings. The Morgan fingerprint density at radius 1 is 1.54 bits per heavy atom. The highest BCUT2D eigenvalue weighted by atomic mass is 16.3. The highest BCUT2D eigenvalue weighted by Gasteiger charge is 2.10. The van der Waals surface area contributed by atoms with Crippen LogP contribution < -0.4 is 0 Å². The van der Waals surface area contributed by atoms with Gasteiger partial charge in [-0.25, -0.2) is 4.98 Å². The van der Waals surface area contributed by atoms with Crippen LogP contribution in [0.15, 0.2) is 12.4 Å². The zero-order valence-electron chi connectivity index (χ0n) is 8.40. The molecule has 0 saturated carbocycles. The lowest BCUT2D eigenvalue weighted by atomic mass is 10.1. The quantitative estimate of drug-likeness (QED) is 0.707. The van der Waals surface area contributed by atoms with Crippen molar-refractivity contribution < 1.29 is 5.11 Å². The van der Waals surface area contributed by atoms with Gasteiger partial charge in [0.05, 0.1) is 0 Å². The van der Waals surface area contributed by atoms with Crippen molar-refractivity contribution >= 4 is 0 Å². The second kappa shape index (κ2) is 5.02. The minimum atomic E-state index is -0.397. The normalized spacial score (nSPS) is 13.2. The maximum absolute atomic E-state index is 9.73. The van der Waals surface area contributed by atoms with Crippen molar-refractivity contribution in [2.75, 3.05) is 0 Å². The summed E-state index contributed by atoms with van der Waals surface area (Å²) in [4.78, 5) is 4.11. The number of hydrogen-bond acceptors (Lipinski definition) is 2. The molecule has 1 atom stereocenters. The standard InChI is InChI=1S/C10H18N2O/c1-3-4-5-6-9(13)10-11-7-8-12(10)2/h7-9,13H,3-6H2,1-2H3. The van der Waals surface area contributed by atoms with Crippen LogP contribution in [0.25, 0.3) is 0 Å². The molecule has 1 unspecified atom stereocenters. The largest absolute Gasteiger partial charge is 0.385 e. The summed E-state index contributed by atoms with van der Waals surface area (Å²) in [6, 6.07) is 0. The van der Waals surface area contributed by atoms with Crippen LogP contribution >= 0.6 is 0 Å². The first kappa shape index (κ1) is 10.3. The molecule has 0 bridgehead atoms. The van der Waals surface area contributed by atoms with E-state index >= 15 is 0 Å². The van der Waals surface area contributed by atoms with Gasteiger partial charge in [0.15, 0.2) is 0 Å². The predicted octanol–water partition coefficient (Wildman–Crippen LogP) is 2.03. The zero-order valence-corrected chi connectivity index (χ0v) is 8.40. The highest BCUT2D eigenvalue weighted by Crippen LogP contribution is 2.16. The maximum atomic E-state index is 9.73. The third kappa shape index (κ3) is 2.84. The van der Waals surface area contributed by atoms with E-state index < -0.39 is 6.10 Å². The van der Waals surface area contributed by atoms with Gasteiger partial charge in [-0.1, -0.05) is 26.2 Å². The molecule has 0 aliphatic heterocycles. The minimum Gasteiger partial charge on any atom is -0.385 e. The number of nitrogens with zero attached hydrogens (tertiary/aromatic N) is 2. The summed E-state index contributed by atoms with van der Waals surface area (Å²) in [7, 11) is 1.91. The number of aliphatic hydroxyl groups is 1. The number of imidazole rings is 1. The number of rotatable bonds is 5. The monoisotopic (exact) mass is 182 g/mol. The van der Waals surface area contributed by atoms with Crippen LogP contribution in [0.5, 0.6) is 0 Å². The average molecular weight is 182 g/mol. The van der Waals surface area contributed by atoms with E-state index in [0.29, 0.717) is 0 Å². The van der Waals surface area contributed by atoms with E-state index in [1.807, 2.05) is 17.8 Å². The van der Waals surface area contributed by atoms with Gasteiger partial charge < -0.3 is 9.67 Å². The van der Waals surface area contributed by atoms with Crippen molar-refractivity contribution in [2.24, 2.45) is 7.05 Å². The lowest BCUT2D eigenvalue weighted by Gasteiger charge is -2.09. The molecule has 0 aliphatic carbocycles. The van der Waals surface area contributed by atoms with Crippen molar-refractivity contribution in [3.63, 3.8) is 0 Å². The van der Waals surface area contributed by atoms with Gasteiger partial charge >= 0.3 is 0 Å². The van der Waals surface area contributed by atoms with Crippen molar-refractivity contribution in [1.82, 2.24) is 9.55 Å². The Kier molecular flexibility index (Phi) is 3.96. The molecule has 3 heteroatoms. The van der Waals surface area contributed by atoms with Gasteiger partial charge in [0, 0.05) is 19.4 Å². The van der Waals surface area contributed by atoms with Crippen LogP contribution in [0, 0.1) is 0 Å². The van der Waals surface area contributed by atoms with Crippen molar-refractivity contribution in [2.45, 2.75) is 38.7 Å². The van der Waals surface area contributed by atoms with Gasteiger partial charge in [-0.05, 0) is 6.42 Å². The smallest absolute Gasteiger partial charge is 0.137 e. The summed E-state index contributed by atoms with van der Waals surface area (Å²) in [6.45, 7) is 2.16. The highest BCUT2D eigenvalue weighted by molar-refractivity contribution is 4.94. The Balaban J connectivity index is 2.39. The van der Waals surface area contributed by atoms with E-state index in [1.165, 1.54) is 12.8 Å². The second-order valence-corrected chi connectivity index (χ2v) is 3.41. The molecule has 0 radical (unpaired) electrons. The molecule has 3 nitrogen and oxygen atoms in total. The van der Waals surface area contributed by atoms with Gasteiger partial charge in [0.1, 0.15) is 11.9 Å². The molecule has 1 N–H and O–H groups in total. The molecule has 0 amide bonds. The molecule has 0 aromatic carbocycles. The second-order valence-electron chi connectivity index (χ2n) is 3.41. The van der Waals surface area contributed by atoms with Crippen LogP contribution in [-0.2, 0) is 7.05 Å². The molecular weight excluding hydrogens is 164 g/mol. The van der Waals surface area contributed by atoms with E-state index in [0.717, 1.165) is 18.7 Å². The summed E-state index contributed by atoms with van der Waals surface area (Å²) in [5.41, 5.74) is 0. The van der Waals surface area contributed by atoms with Gasteiger partial charge in [-0.2, -0.15) is 0 Å². The van der Waals surface area contributed by atoms with Crippen LogP contribution in [-0.4, -0.2) is 14.7 Å². The van der Waals surface area contributed by atoms with Gasteiger partial charge in [-0.15, -0.1) is 0 Å². The number of aliphatic hydroxyl groups excluding tert-OH is 1. The van der Waals surface area contributed by atoms with Crippen LogP contribution in [0.1, 0.15) is 44.5 Å². The first-order chi connectivity index (χ1) is 6.25. The molecule has 13 heavy (non-hydrogen) atoms. The van der Waals surface area contributed by atoms with Crippen LogP contribution in [0.2, 0.25) is 0 Å². The van der Waals surface area contributed by atoms with Gasteiger partial charge in [0.2, 0.25) is 0 Å². The van der Waals surface area contributed by atoms with E-state index in [2.05, 4.69) is 11.9 Å². The Morgan fingerprint density at radius 2 is 2.31 bits per heavy atom. The summed E-state index contributed by atoms with van der Waals surface area (Å²) in [6.07, 6.45) is 7.45. The summed E-state index contributed by atoms with van der Waals surface area (Å²) in [5.74, 6) is 0.774. The first-order valence-electron chi connectivity index (χ1n) is 4.91.